The van der Waals surface area contributed by atoms with E-state index in [-0.39, 0.29) is 11.8 Å². The van der Waals surface area contributed by atoms with Crippen LogP contribution in [0.2, 0.25) is 0 Å². The van der Waals surface area contributed by atoms with Crippen molar-refractivity contribution in [3.8, 4) is 11.7 Å². The first-order valence-electron chi connectivity index (χ1n) is 7.58. The van der Waals surface area contributed by atoms with Crippen molar-refractivity contribution in [2.45, 2.75) is 18.8 Å². The SMILES string of the molecule is O=C1CC(c2noc(-c3ccc(Br)o3)n2)CN1CCc1cccs1. The number of aromatic nitrogens is 2. The molecule has 4 rings (SSSR count). The second-order valence-corrected chi connectivity index (χ2v) is 7.45. The zero-order valence-corrected chi connectivity index (χ0v) is 15.0. The van der Waals surface area contributed by atoms with Gasteiger partial charge in [-0.25, -0.2) is 0 Å². The number of carbonyl (C=O) groups is 1. The minimum atomic E-state index is -0.0308. The minimum absolute atomic E-state index is 0.0308. The van der Waals surface area contributed by atoms with E-state index in [1.54, 1.807) is 23.5 Å². The van der Waals surface area contributed by atoms with Crippen LogP contribution in [0.5, 0.6) is 0 Å². The van der Waals surface area contributed by atoms with Gasteiger partial charge in [0.05, 0.1) is 0 Å². The molecule has 0 aromatic carbocycles. The van der Waals surface area contributed by atoms with E-state index in [0.717, 1.165) is 13.0 Å². The predicted octanol–water partition coefficient (Wildman–Crippen LogP) is 3.71. The monoisotopic (exact) mass is 407 g/mol. The van der Waals surface area contributed by atoms with Gasteiger partial charge < -0.3 is 13.8 Å². The Balaban J connectivity index is 1.42. The predicted molar refractivity (Wildman–Crippen MR) is 91.7 cm³/mol. The van der Waals surface area contributed by atoms with E-state index in [2.05, 4.69) is 37.5 Å². The smallest absolute Gasteiger partial charge is 0.293 e. The lowest BCUT2D eigenvalue weighted by Gasteiger charge is -2.15. The topological polar surface area (TPSA) is 72.4 Å². The maximum absolute atomic E-state index is 12.2. The summed E-state index contributed by atoms with van der Waals surface area (Å²) in [5.41, 5.74) is 0. The first-order valence-corrected chi connectivity index (χ1v) is 9.26. The van der Waals surface area contributed by atoms with E-state index < -0.39 is 0 Å². The third-order valence-electron chi connectivity index (χ3n) is 4.01. The number of hydrogen-bond donors (Lipinski definition) is 0. The molecular weight excluding hydrogens is 394 g/mol. The fourth-order valence-corrected chi connectivity index (χ4v) is 3.80. The van der Waals surface area contributed by atoms with Crippen molar-refractivity contribution in [3.63, 3.8) is 0 Å². The van der Waals surface area contributed by atoms with Crippen LogP contribution in [0, 0.1) is 0 Å². The zero-order chi connectivity index (χ0) is 16.5. The Morgan fingerprint density at radius 3 is 3.04 bits per heavy atom. The summed E-state index contributed by atoms with van der Waals surface area (Å²) in [4.78, 5) is 19.8. The molecule has 0 saturated carbocycles. The van der Waals surface area contributed by atoms with Crippen LogP contribution >= 0.6 is 27.3 Å². The molecule has 0 radical (unpaired) electrons. The molecule has 0 aliphatic carbocycles. The van der Waals surface area contributed by atoms with E-state index in [4.69, 9.17) is 8.94 Å². The van der Waals surface area contributed by atoms with Crippen LogP contribution < -0.4 is 0 Å². The summed E-state index contributed by atoms with van der Waals surface area (Å²) < 4.78 is 11.3. The number of amides is 1. The molecule has 3 aromatic heterocycles. The summed E-state index contributed by atoms with van der Waals surface area (Å²) in [7, 11) is 0. The lowest BCUT2D eigenvalue weighted by Crippen LogP contribution is -2.27. The maximum atomic E-state index is 12.2. The molecular formula is C16H14BrN3O3S. The molecule has 1 unspecified atom stereocenters. The second-order valence-electron chi connectivity index (χ2n) is 5.63. The van der Waals surface area contributed by atoms with Gasteiger partial charge in [-0.3, -0.25) is 4.79 Å². The summed E-state index contributed by atoms with van der Waals surface area (Å²) in [5.74, 6) is 1.52. The third-order valence-corrected chi connectivity index (χ3v) is 5.38. The van der Waals surface area contributed by atoms with E-state index in [1.807, 2.05) is 11.0 Å². The van der Waals surface area contributed by atoms with Crippen molar-refractivity contribution in [1.82, 2.24) is 15.0 Å². The highest BCUT2D eigenvalue weighted by Gasteiger charge is 2.33. The number of furan rings is 1. The van der Waals surface area contributed by atoms with Gasteiger partial charge in [-0.05, 0) is 45.9 Å². The van der Waals surface area contributed by atoms with Crippen molar-refractivity contribution in [2.75, 3.05) is 13.1 Å². The second kappa shape index (κ2) is 6.52. The van der Waals surface area contributed by atoms with Crippen molar-refractivity contribution >= 4 is 33.2 Å². The van der Waals surface area contributed by atoms with Gasteiger partial charge in [0, 0.05) is 30.3 Å². The number of thiophene rings is 1. The van der Waals surface area contributed by atoms with Gasteiger partial charge in [0.2, 0.25) is 5.91 Å². The number of hydrogen-bond acceptors (Lipinski definition) is 6. The van der Waals surface area contributed by atoms with Gasteiger partial charge in [-0.1, -0.05) is 11.2 Å². The van der Waals surface area contributed by atoms with Gasteiger partial charge in [0.25, 0.3) is 5.89 Å². The molecule has 24 heavy (non-hydrogen) atoms. The first-order chi connectivity index (χ1) is 11.7. The summed E-state index contributed by atoms with van der Waals surface area (Å²) in [6.45, 7) is 1.36. The fraction of sp³-hybridized carbons (Fsp3) is 0.312. The Hall–Kier alpha value is -1.93. The Morgan fingerprint density at radius 1 is 1.38 bits per heavy atom. The molecule has 0 spiro atoms. The molecule has 1 fully saturated rings. The molecule has 124 valence electrons. The van der Waals surface area contributed by atoms with Gasteiger partial charge in [-0.2, -0.15) is 4.98 Å². The summed E-state index contributed by atoms with van der Waals surface area (Å²) in [5, 5.41) is 6.08. The molecule has 3 aromatic rings. The van der Waals surface area contributed by atoms with Crippen LogP contribution in [0.25, 0.3) is 11.7 Å². The van der Waals surface area contributed by atoms with E-state index >= 15 is 0 Å². The molecule has 4 heterocycles. The molecule has 6 nitrogen and oxygen atoms in total. The summed E-state index contributed by atoms with van der Waals surface area (Å²) in [6, 6.07) is 7.65. The van der Waals surface area contributed by atoms with Crippen LogP contribution in [0.3, 0.4) is 0 Å². The molecule has 0 bridgehead atoms. The van der Waals surface area contributed by atoms with Crippen molar-refractivity contribution in [1.29, 1.82) is 0 Å². The number of halogens is 1. The van der Waals surface area contributed by atoms with Gasteiger partial charge in [0.1, 0.15) is 0 Å². The van der Waals surface area contributed by atoms with Gasteiger partial charge in [0.15, 0.2) is 16.3 Å². The molecule has 1 amide bonds. The third kappa shape index (κ3) is 3.16. The van der Waals surface area contributed by atoms with Gasteiger partial charge in [-0.15, -0.1) is 11.3 Å². The number of carbonyl (C=O) groups excluding carboxylic acids is 1. The Morgan fingerprint density at radius 2 is 2.29 bits per heavy atom. The van der Waals surface area contributed by atoms with Crippen molar-refractivity contribution in [2.24, 2.45) is 0 Å². The Labute approximate surface area is 150 Å². The molecule has 0 N–H and O–H groups in total. The lowest BCUT2D eigenvalue weighted by atomic mass is 10.1. The highest BCUT2D eigenvalue weighted by atomic mass is 79.9. The fourth-order valence-electron chi connectivity index (χ4n) is 2.79. The molecule has 1 atom stereocenters. The average Bonchev–Trinajstić information content (AvgIpc) is 3.33. The minimum Gasteiger partial charge on any atom is -0.444 e. The highest BCUT2D eigenvalue weighted by molar-refractivity contribution is 9.10. The molecule has 1 saturated heterocycles. The Kier molecular flexibility index (Phi) is 4.24. The van der Waals surface area contributed by atoms with Crippen molar-refractivity contribution in [3.05, 3.63) is 45.0 Å². The van der Waals surface area contributed by atoms with Crippen LogP contribution in [0.1, 0.15) is 23.0 Å². The van der Waals surface area contributed by atoms with E-state index in [0.29, 0.717) is 35.1 Å². The molecule has 8 heteroatoms. The molecule has 1 aliphatic heterocycles. The summed E-state index contributed by atoms with van der Waals surface area (Å²) >= 11 is 4.96. The maximum Gasteiger partial charge on any atom is 0.293 e. The summed E-state index contributed by atoms with van der Waals surface area (Å²) in [6.07, 6.45) is 1.30. The standard InChI is InChI=1S/C16H14BrN3O3S/c17-13-4-3-12(22-13)16-18-15(19-23-16)10-8-14(21)20(9-10)6-5-11-2-1-7-24-11/h1-4,7,10H,5-6,8-9H2. The first kappa shape index (κ1) is 15.6. The van der Waals surface area contributed by atoms with Gasteiger partial charge >= 0.3 is 0 Å². The lowest BCUT2D eigenvalue weighted by molar-refractivity contribution is -0.127. The average molecular weight is 408 g/mol. The highest BCUT2D eigenvalue weighted by Crippen LogP contribution is 2.29. The van der Waals surface area contributed by atoms with Crippen molar-refractivity contribution < 1.29 is 13.7 Å². The normalized spacial score (nSPS) is 17.8. The van der Waals surface area contributed by atoms with Crippen LogP contribution in [0.4, 0.5) is 0 Å². The number of likely N-dealkylation sites (tertiary alicyclic amines) is 1. The Bertz CT molecular complexity index is 843. The largest absolute Gasteiger partial charge is 0.444 e. The number of rotatable bonds is 5. The number of nitrogens with zero attached hydrogens (tertiary/aromatic N) is 3. The van der Waals surface area contributed by atoms with Crippen LogP contribution in [-0.4, -0.2) is 34.0 Å². The van der Waals surface area contributed by atoms with Crippen LogP contribution in [0.15, 0.2) is 43.3 Å². The quantitative estimate of drug-likeness (QED) is 0.644. The van der Waals surface area contributed by atoms with Crippen LogP contribution in [-0.2, 0) is 11.2 Å². The van der Waals surface area contributed by atoms with E-state index in [9.17, 15) is 4.79 Å². The molecule has 1 aliphatic rings. The zero-order valence-electron chi connectivity index (χ0n) is 12.6. The van der Waals surface area contributed by atoms with E-state index in [1.165, 1.54) is 4.88 Å².